The minimum atomic E-state index is -0.797. The van der Waals surface area contributed by atoms with Crippen LogP contribution in [0.1, 0.15) is 39.2 Å². The van der Waals surface area contributed by atoms with Crippen molar-refractivity contribution in [2.75, 3.05) is 13.2 Å². The molecule has 1 aromatic carbocycles. The van der Waals surface area contributed by atoms with Crippen molar-refractivity contribution in [2.45, 2.75) is 45.3 Å². The minimum absolute atomic E-state index is 0.00715. The van der Waals surface area contributed by atoms with Crippen LogP contribution in [0.3, 0.4) is 0 Å². The van der Waals surface area contributed by atoms with Gasteiger partial charge in [-0.3, -0.25) is 4.79 Å². The lowest BCUT2D eigenvalue weighted by Gasteiger charge is -2.39. The largest absolute Gasteiger partial charge is 0.453 e. The summed E-state index contributed by atoms with van der Waals surface area (Å²) < 4.78 is 30.7. The highest BCUT2D eigenvalue weighted by molar-refractivity contribution is 14.1. The topological polar surface area (TPSA) is 82.1 Å². The van der Waals surface area contributed by atoms with Crippen molar-refractivity contribution in [3.8, 4) is 0 Å². The fourth-order valence-corrected chi connectivity index (χ4v) is 4.61. The predicted octanol–water partition coefficient (Wildman–Crippen LogP) is 3.82. The smallest absolute Gasteiger partial charge is 0.419 e. The van der Waals surface area contributed by atoms with Crippen LogP contribution in [0, 0.1) is 9.39 Å². The third-order valence-corrected chi connectivity index (χ3v) is 6.02. The normalized spacial score (nSPS) is 23.6. The highest BCUT2D eigenvalue weighted by Crippen LogP contribution is 2.48. The van der Waals surface area contributed by atoms with Crippen molar-refractivity contribution < 1.29 is 33.0 Å². The maximum Gasteiger partial charge on any atom is 0.419 e. The fraction of sp³-hybridized carbons (Fsp3) is 0.409. The number of hydrogen-bond donors (Lipinski definition) is 0. The Bertz CT molecular complexity index is 1070. The van der Waals surface area contributed by atoms with E-state index < -0.39 is 35.5 Å². The van der Waals surface area contributed by atoms with Gasteiger partial charge in [0.2, 0.25) is 0 Å². The molecule has 2 unspecified atom stereocenters. The van der Waals surface area contributed by atoms with Crippen molar-refractivity contribution in [1.82, 2.24) is 4.90 Å². The lowest BCUT2D eigenvalue weighted by Crippen LogP contribution is -2.45. The van der Waals surface area contributed by atoms with E-state index in [-0.39, 0.29) is 30.1 Å². The molecule has 0 spiro atoms. The van der Waals surface area contributed by atoms with E-state index >= 15 is 0 Å². The van der Waals surface area contributed by atoms with Crippen molar-refractivity contribution in [1.29, 1.82) is 0 Å². The zero-order chi connectivity index (χ0) is 22.7. The van der Waals surface area contributed by atoms with E-state index in [1.807, 2.05) is 22.6 Å². The van der Waals surface area contributed by atoms with Crippen LogP contribution in [0.4, 0.5) is 9.18 Å². The average molecular weight is 541 g/mol. The molecule has 0 saturated heterocycles. The summed E-state index contributed by atoms with van der Waals surface area (Å²) in [6, 6.07) is 4.43. The van der Waals surface area contributed by atoms with Crippen molar-refractivity contribution in [3.05, 3.63) is 55.7 Å². The Kier molecular flexibility index (Phi) is 5.45. The van der Waals surface area contributed by atoms with E-state index in [1.165, 1.54) is 11.0 Å². The Morgan fingerprint density at radius 1 is 1.23 bits per heavy atom. The molecule has 0 aromatic heterocycles. The second-order valence-corrected chi connectivity index (χ2v) is 9.71. The summed E-state index contributed by atoms with van der Waals surface area (Å²) in [6.07, 6.45) is -1.45. The van der Waals surface area contributed by atoms with Gasteiger partial charge in [0.05, 0.1) is 23.6 Å². The Morgan fingerprint density at radius 2 is 1.94 bits per heavy atom. The molecule has 0 N–H and O–H groups in total. The summed E-state index contributed by atoms with van der Waals surface area (Å²) in [5.41, 5.74) is 0.865. The molecule has 1 aromatic rings. The van der Waals surface area contributed by atoms with E-state index in [2.05, 4.69) is 0 Å². The molecular formula is C22H21FINO6. The number of esters is 1. The van der Waals surface area contributed by atoms with Gasteiger partial charge in [0.25, 0.3) is 0 Å². The molecule has 2 atom stereocenters. The predicted molar refractivity (Wildman–Crippen MR) is 115 cm³/mol. The minimum Gasteiger partial charge on any atom is -0.453 e. The lowest BCUT2D eigenvalue weighted by atomic mass is 9.77. The number of benzene rings is 1. The number of carbonyl (C=O) groups excluding carboxylic acids is 3. The van der Waals surface area contributed by atoms with Crippen LogP contribution >= 0.6 is 22.6 Å². The maximum atomic E-state index is 13.9. The third-order valence-electron chi connectivity index (χ3n) is 5.19. The van der Waals surface area contributed by atoms with Crippen LogP contribution in [-0.2, 0) is 23.8 Å². The molecule has 4 rings (SSSR count). The van der Waals surface area contributed by atoms with Crippen molar-refractivity contribution in [2.24, 2.45) is 0 Å². The molecule has 0 bridgehead atoms. The van der Waals surface area contributed by atoms with Gasteiger partial charge in [0, 0.05) is 15.1 Å². The van der Waals surface area contributed by atoms with E-state index in [4.69, 9.17) is 14.2 Å². The van der Waals surface area contributed by atoms with Crippen LogP contribution in [0.5, 0.6) is 0 Å². The number of nitrogens with zero attached hydrogens (tertiary/aromatic N) is 1. The summed E-state index contributed by atoms with van der Waals surface area (Å²) in [5, 5.41) is 0. The summed E-state index contributed by atoms with van der Waals surface area (Å²) in [4.78, 5) is 40.3. The van der Waals surface area contributed by atoms with E-state index in [1.54, 1.807) is 39.8 Å². The van der Waals surface area contributed by atoms with E-state index in [9.17, 15) is 18.8 Å². The number of amides is 1. The number of halogens is 2. The summed E-state index contributed by atoms with van der Waals surface area (Å²) in [5.74, 6) is -2.16. The van der Waals surface area contributed by atoms with E-state index in [0.717, 1.165) is 0 Å². The van der Waals surface area contributed by atoms with Gasteiger partial charge < -0.3 is 14.2 Å². The van der Waals surface area contributed by atoms with Gasteiger partial charge >= 0.3 is 12.1 Å². The maximum absolute atomic E-state index is 13.9. The molecule has 3 aliphatic rings. The number of ketones is 1. The lowest BCUT2D eigenvalue weighted by molar-refractivity contribution is -0.139. The van der Waals surface area contributed by atoms with Crippen LogP contribution in [0.25, 0.3) is 0 Å². The van der Waals surface area contributed by atoms with Gasteiger partial charge in [-0.05, 0) is 68.0 Å². The van der Waals surface area contributed by atoms with Gasteiger partial charge in [0.15, 0.2) is 5.78 Å². The van der Waals surface area contributed by atoms with Gasteiger partial charge in [-0.15, -0.1) is 0 Å². The molecular weight excluding hydrogens is 520 g/mol. The van der Waals surface area contributed by atoms with Crippen LogP contribution in [0.2, 0.25) is 0 Å². The Morgan fingerprint density at radius 3 is 2.58 bits per heavy atom. The molecule has 0 radical (unpaired) electrons. The second kappa shape index (κ2) is 7.70. The van der Waals surface area contributed by atoms with Crippen LogP contribution in [-0.4, -0.2) is 47.7 Å². The third kappa shape index (κ3) is 3.78. The average Bonchev–Trinajstić information content (AvgIpc) is 2.95. The number of rotatable bonds is 1. The summed E-state index contributed by atoms with van der Waals surface area (Å²) in [6.45, 7) is 6.65. The molecule has 1 amide bonds. The van der Waals surface area contributed by atoms with Gasteiger partial charge in [-0.2, -0.15) is 0 Å². The fourth-order valence-electron chi connectivity index (χ4n) is 4.07. The zero-order valence-corrected chi connectivity index (χ0v) is 19.6. The first-order valence-corrected chi connectivity index (χ1v) is 10.8. The first-order chi connectivity index (χ1) is 14.5. The zero-order valence-electron chi connectivity index (χ0n) is 17.5. The molecule has 0 fully saturated rings. The summed E-state index contributed by atoms with van der Waals surface area (Å²) in [7, 11) is 0. The van der Waals surface area contributed by atoms with Crippen molar-refractivity contribution >= 4 is 40.4 Å². The Balaban J connectivity index is 1.96. The Hall–Kier alpha value is -2.27. The number of Topliss-reactive ketones (excluding diaryl/α,β-unsaturated/α-hetero) is 1. The molecule has 3 heterocycles. The monoisotopic (exact) mass is 541 g/mol. The molecule has 7 nitrogen and oxygen atoms in total. The highest BCUT2D eigenvalue weighted by atomic mass is 127. The quantitative estimate of drug-likeness (QED) is 0.398. The molecule has 3 aliphatic heterocycles. The van der Waals surface area contributed by atoms with Gasteiger partial charge in [-0.1, -0.05) is 6.07 Å². The SMILES string of the molecule is CC1OC(=O)C2=C1N(C(=O)OC(C)(C)C)C1=C(C(=O)COC1)C2c1ccc(F)c(I)c1. The number of hydrogen-bond acceptors (Lipinski definition) is 6. The molecule has 31 heavy (non-hydrogen) atoms. The Labute approximate surface area is 192 Å². The second-order valence-electron chi connectivity index (χ2n) is 8.55. The van der Waals surface area contributed by atoms with Crippen LogP contribution in [0.15, 0.2) is 40.7 Å². The molecule has 9 heteroatoms. The number of cyclic esters (lactones) is 1. The number of ether oxygens (including phenoxy) is 3. The van der Waals surface area contributed by atoms with E-state index in [0.29, 0.717) is 20.5 Å². The van der Waals surface area contributed by atoms with Gasteiger partial charge in [-0.25, -0.2) is 18.9 Å². The molecule has 0 saturated carbocycles. The molecule has 164 valence electrons. The summed E-state index contributed by atoms with van der Waals surface area (Å²) >= 11 is 1.86. The van der Waals surface area contributed by atoms with Crippen LogP contribution < -0.4 is 0 Å². The highest BCUT2D eigenvalue weighted by Gasteiger charge is 2.51. The van der Waals surface area contributed by atoms with Gasteiger partial charge in [0.1, 0.15) is 24.1 Å². The standard InChI is InChI=1S/C22H21FINO6/c1-10-19-18(20(27)30-10)16(11-5-6-12(23)13(24)7-11)17-14(8-29-9-15(17)26)25(19)21(28)31-22(2,3)4/h5-7,10,16H,8-9H2,1-4H3. The van der Waals surface area contributed by atoms with Crippen molar-refractivity contribution in [3.63, 3.8) is 0 Å². The first kappa shape index (κ1) is 21.9. The first-order valence-electron chi connectivity index (χ1n) is 9.76. The number of carbonyl (C=O) groups is 3. The molecule has 0 aliphatic carbocycles.